The number of nitrogen functional groups attached to an aromatic ring is 1. The molecule has 2 heterocycles. The Bertz CT molecular complexity index is 748. The van der Waals surface area contributed by atoms with E-state index in [9.17, 15) is 4.79 Å². The highest BCUT2D eigenvalue weighted by molar-refractivity contribution is 5.91. The zero-order valence-electron chi connectivity index (χ0n) is 14.3. The van der Waals surface area contributed by atoms with Gasteiger partial charge in [0.25, 0.3) is 0 Å². The van der Waals surface area contributed by atoms with Crippen molar-refractivity contribution in [2.75, 3.05) is 36.8 Å². The van der Waals surface area contributed by atoms with E-state index in [4.69, 9.17) is 10.5 Å². The van der Waals surface area contributed by atoms with Crippen LogP contribution in [0.2, 0.25) is 0 Å². The summed E-state index contributed by atoms with van der Waals surface area (Å²) in [5.41, 5.74) is 6.86. The van der Waals surface area contributed by atoms with E-state index in [1.807, 2.05) is 39.0 Å². The zero-order chi connectivity index (χ0) is 17.3. The summed E-state index contributed by atoms with van der Waals surface area (Å²) in [7, 11) is 0. The molecule has 1 amide bonds. The number of ether oxygens (including phenoxy) is 1. The quantitative estimate of drug-likeness (QED) is 0.808. The molecule has 0 aliphatic carbocycles. The van der Waals surface area contributed by atoms with Crippen LogP contribution in [0.5, 0.6) is 0 Å². The number of benzene rings is 1. The van der Waals surface area contributed by atoms with Gasteiger partial charge in [0.05, 0.1) is 5.52 Å². The van der Waals surface area contributed by atoms with Gasteiger partial charge < -0.3 is 20.3 Å². The number of aromatic nitrogens is 2. The van der Waals surface area contributed by atoms with Crippen molar-refractivity contribution in [1.82, 2.24) is 14.9 Å². The summed E-state index contributed by atoms with van der Waals surface area (Å²) in [6, 6.07) is 5.64. The molecular weight excluding hydrogens is 306 g/mol. The van der Waals surface area contributed by atoms with Crippen LogP contribution in [0.4, 0.5) is 16.3 Å². The summed E-state index contributed by atoms with van der Waals surface area (Å²) in [5, 5.41) is 0.970. The van der Waals surface area contributed by atoms with Crippen molar-refractivity contribution in [3.05, 3.63) is 24.5 Å². The monoisotopic (exact) mass is 329 g/mol. The molecule has 24 heavy (non-hydrogen) atoms. The van der Waals surface area contributed by atoms with Crippen molar-refractivity contribution in [3.63, 3.8) is 0 Å². The van der Waals surface area contributed by atoms with E-state index in [1.54, 1.807) is 11.2 Å². The maximum atomic E-state index is 12.2. The van der Waals surface area contributed by atoms with Crippen LogP contribution in [0, 0.1) is 0 Å². The van der Waals surface area contributed by atoms with Crippen molar-refractivity contribution in [3.8, 4) is 0 Å². The fourth-order valence-corrected chi connectivity index (χ4v) is 2.74. The smallest absolute Gasteiger partial charge is 0.410 e. The lowest BCUT2D eigenvalue weighted by Gasteiger charge is -2.36. The summed E-state index contributed by atoms with van der Waals surface area (Å²) in [6.07, 6.45) is 1.29. The molecule has 1 aliphatic rings. The molecule has 7 nitrogen and oxygen atoms in total. The molecule has 0 atom stereocenters. The zero-order valence-corrected chi connectivity index (χ0v) is 14.3. The minimum Gasteiger partial charge on any atom is -0.444 e. The second-order valence-corrected chi connectivity index (χ2v) is 6.93. The van der Waals surface area contributed by atoms with Gasteiger partial charge in [-0.25, -0.2) is 14.8 Å². The van der Waals surface area contributed by atoms with Crippen LogP contribution >= 0.6 is 0 Å². The minimum atomic E-state index is -0.475. The third-order valence-electron chi connectivity index (χ3n) is 3.87. The largest absolute Gasteiger partial charge is 0.444 e. The number of carbonyl (C=O) groups excluding carboxylic acids is 1. The summed E-state index contributed by atoms with van der Waals surface area (Å²) in [6.45, 7) is 8.25. The number of hydrogen-bond acceptors (Lipinski definition) is 6. The highest BCUT2D eigenvalue weighted by atomic mass is 16.6. The van der Waals surface area contributed by atoms with Gasteiger partial charge in [-0.2, -0.15) is 0 Å². The van der Waals surface area contributed by atoms with E-state index < -0.39 is 5.60 Å². The number of piperazine rings is 1. The number of rotatable bonds is 1. The summed E-state index contributed by atoms with van der Waals surface area (Å²) >= 11 is 0. The van der Waals surface area contributed by atoms with Crippen LogP contribution in [0.25, 0.3) is 10.9 Å². The number of hydrogen-bond donors (Lipinski definition) is 1. The van der Waals surface area contributed by atoms with Gasteiger partial charge >= 0.3 is 6.09 Å². The Morgan fingerprint density at radius 2 is 1.88 bits per heavy atom. The maximum absolute atomic E-state index is 12.2. The minimum absolute atomic E-state index is 0.262. The SMILES string of the molecule is CC(C)(C)OC(=O)N1CCN(c2ncnc3cc(N)ccc23)CC1. The highest BCUT2D eigenvalue weighted by Gasteiger charge is 2.26. The van der Waals surface area contributed by atoms with Crippen LogP contribution in [0.15, 0.2) is 24.5 Å². The van der Waals surface area contributed by atoms with Crippen LogP contribution in [-0.2, 0) is 4.74 Å². The first-order valence-corrected chi connectivity index (χ1v) is 8.06. The molecule has 7 heteroatoms. The Kier molecular flexibility index (Phi) is 4.17. The van der Waals surface area contributed by atoms with Gasteiger partial charge in [0.1, 0.15) is 17.7 Å². The molecule has 1 fully saturated rings. The molecule has 0 radical (unpaired) electrons. The first kappa shape index (κ1) is 16.3. The number of amides is 1. The van der Waals surface area contributed by atoms with Crippen molar-refractivity contribution < 1.29 is 9.53 Å². The molecule has 1 aromatic carbocycles. The van der Waals surface area contributed by atoms with E-state index in [2.05, 4.69) is 14.9 Å². The van der Waals surface area contributed by atoms with Crippen LogP contribution in [0.1, 0.15) is 20.8 Å². The fourth-order valence-electron chi connectivity index (χ4n) is 2.74. The second kappa shape index (κ2) is 6.14. The fraction of sp³-hybridized carbons (Fsp3) is 0.471. The van der Waals surface area contributed by atoms with Gasteiger partial charge in [-0.05, 0) is 39.0 Å². The van der Waals surface area contributed by atoms with Crippen molar-refractivity contribution in [2.45, 2.75) is 26.4 Å². The average Bonchev–Trinajstić information content (AvgIpc) is 2.52. The molecule has 0 saturated carbocycles. The average molecular weight is 329 g/mol. The van der Waals surface area contributed by atoms with Crippen molar-refractivity contribution in [1.29, 1.82) is 0 Å². The first-order valence-electron chi connectivity index (χ1n) is 8.06. The predicted octanol–water partition coefficient (Wildman–Crippen LogP) is 2.27. The first-order chi connectivity index (χ1) is 11.3. The number of carbonyl (C=O) groups is 1. The van der Waals surface area contributed by atoms with E-state index in [1.165, 1.54) is 0 Å². The molecule has 0 unspecified atom stereocenters. The lowest BCUT2D eigenvalue weighted by Crippen LogP contribution is -2.50. The van der Waals surface area contributed by atoms with E-state index in [0.29, 0.717) is 31.9 Å². The Hall–Kier alpha value is -2.57. The molecule has 1 aliphatic heterocycles. The number of nitrogens with two attached hydrogens (primary N) is 1. The van der Waals surface area contributed by atoms with Gasteiger partial charge in [-0.15, -0.1) is 0 Å². The standard InChI is InChI=1S/C17H23N5O2/c1-17(2,3)24-16(23)22-8-6-21(7-9-22)15-13-5-4-12(18)10-14(13)19-11-20-15/h4-5,10-11H,6-9,18H2,1-3H3. The van der Waals surface area contributed by atoms with Gasteiger partial charge in [0, 0.05) is 37.3 Å². The van der Waals surface area contributed by atoms with E-state index in [0.717, 1.165) is 16.7 Å². The molecule has 128 valence electrons. The third-order valence-corrected chi connectivity index (χ3v) is 3.87. The van der Waals surface area contributed by atoms with Crippen molar-refractivity contribution >= 4 is 28.5 Å². The molecule has 1 saturated heterocycles. The predicted molar refractivity (Wildman–Crippen MR) is 94.0 cm³/mol. The molecule has 2 N–H and O–H groups in total. The van der Waals surface area contributed by atoms with Gasteiger partial charge in [0.2, 0.25) is 0 Å². The second-order valence-electron chi connectivity index (χ2n) is 6.93. The van der Waals surface area contributed by atoms with Crippen LogP contribution in [-0.4, -0.2) is 52.7 Å². The topological polar surface area (TPSA) is 84.6 Å². The third kappa shape index (κ3) is 3.50. The Morgan fingerprint density at radius 3 is 2.54 bits per heavy atom. The highest BCUT2D eigenvalue weighted by Crippen LogP contribution is 2.25. The van der Waals surface area contributed by atoms with Gasteiger partial charge in [-0.3, -0.25) is 0 Å². The molecular formula is C17H23N5O2. The number of fused-ring (bicyclic) bond motifs is 1. The number of nitrogens with zero attached hydrogens (tertiary/aromatic N) is 4. The summed E-state index contributed by atoms with van der Waals surface area (Å²) in [4.78, 5) is 24.8. The Labute approximate surface area is 141 Å². The molecule has 3 rings (SSSR count). The van der Waals surface area contributed by atoms with Gasteiger partial charge in [-0.1, -0.05) is 0 Å². The maximum Gasteiger partial charge on any atom is 0.410 e. The van der Waals surface area contributed by atoms with Crippen LogP contribution in [0.3, 0.4) is 0 Å². The Balaban J connectivity index is 1.72. The van der Waals surface area contributed by atoms with E-state index >= 15 is 0 Å². The number of anilines is 2. The van der Waals surface area contributed by atoms with E-state index in [-0.39, 0.29) is 6.09 Å². The normalized spacial score (nSPS) is 15.6. The molecule has 2 aromatic rings. The molecule has 0 spiro atoms. The van der Waals surface area contributed by atoms with Crippen molar-refractivity contribution in [2.24, 2.45) is 0 Å². The van der Waals surface area contributed by atoms with Gasteiger partial charge in [0.15, 0.2) is 0 Å². The summed E-state index contributed by atoms with van der Waals surface area (Å²) in [5.74, 6) is 0.879. The Morgan fingerprint density at radius 1 is 1.17 bits per heavy atom. The summed E-state index contributed by atoms with van der Waals surface area (Å²) < 4.78 is 5.43. The van der Waals surface area contributed by atoms with Crippen LogP contribution < -0.4 is 10.6 Å². The molecule has 0 bridgehead atoms. The lowest BCUT2D eigenvalue weighted by molar-refractivity contribution is 0.0240. The lowest BCUT2D eigenvalue weighted by atomic mass is 10.2. The molecule has 1 aromatic heterocycles.